The maximum atomic E-state index is 12.1. The average Bonchev–Trinajstić information content (AvgIpc) is 3.20. The van der Waals surface area contributed by atoms with E-state index in [1.807, 2.05) is 24.1 Å². The van der Waals surface area contributed by atoms with Gasteiger partial charge in [0.05, 0.1) is 7.11 Å². The Morgan fingerprint density at radius 2 is 2.24 bits per heavy atom. The minimum absolute atomic E-state index is 0.0678. The minimum Gasteiger partial charge on any atom is -0.496 e. The van der Waals surface area contributed by atoms with Gasteiger partial charge in [-0.05, 0) is 31.0 Å². The van der Waals surface area contributed by atoms with E-state index in [0.29, 0.717) is 11.6 Å². The smallest absolute Gasteiger partial charge is 0.253 e. The monoisotopic (exact) mass is 231 g/mol. The lowest BCUT2D eigenvalue weighted by Crippen LogP contribution is -2.28. The van der Waals surface area contributed by atoms with Gasteiger partial charge in [0.2, 0.25) is 0 Å². The van der Waals surface area contributed by atoms with E-state index in [1.165, 1.54) is 0 Å². The normalized spacial score (nSPS) is 14.2. The lowest BCUT2D eigenvalue weighted by Gasteiger charge is -2.17. The molecule has 1 aromatic carbocycles. The zero-order valence-corrected chi connectivity index (χ0v) is 10.3. The van der Waals surface area contributed by atoms with Crippen LogP contribution in [0.4, 0.5) is 0 Å². The molecule has 1 aliphatic rings. The zero-order valence-electron chi connectivity index (χ0n) is 10.3. The van der Waals surface area contributed by atoms with Gasteiger partial charge in [-0.1, -0.05) is 12.7 Å². The van der Waals surface area contributed by atoms with Gasteiger partial charge in [0.15, 0.2) is 0 Å². The third-order valence-corrected chi connectivity index (χ3v) is 3.11. The van der Waals surface area contributed by atoms with Crippen molar-refractivity contribution in [2.45, 2.75) is 18.9 Å². The maximum Gasteiger partial charge on any atom is 0.253 e. The first kappa shape index (κ1) is 11.7. The molecule has 17 heavy (non-hydrogen) atoms. The Morgan fingerprint density at radius 1 is 1.53 bits per heavy atom. The lowest BCUT2D eigenvalue weighted by atomic mass is 10.1. The minimum atomic E-state index is 0.0678. The summed E-state index contributed by atoms with van der Waals surface area (Å²) in [6, 6.07) is 5.86. The molecule has 2 rings (SSSR count). The van der Waals surface area contributed by atoms with Crippen molar-refractivity contribution < 1.29 is 9.53 Å². The highest BCUT2D eigenvalue weighted by Gasteiger charge is 2.30. The number of carbonyl (C=O) groups excluding carboxylic acids is 1. The fraction of sp³-hybridized carbons (Fsp3) is 0.357. The summed E-state index contributed by atoms with van der Waals surface area (Å²) in [5.41, 5.74) is 1.54. The third kappa shape index (κ3) is 2.33. The molecule has 0 bridgehead atoms. The molecule has 0 atom stereocenters. The van der Waals surface area contributed by atoms with Gasteiger partial charge in [0, 0.05) is 24.2 Å². The van der Waals surface area contributed by atoms with Crippen LogP contribution in [-0.2, 0) is 0 Å². The van der Waals surface area contributed by atoms with Gasteiger partial charge in [-0.25, -0.2) is 0 Å². The molecule has 90 valence electrons. The van der Waals surface area contributed by atoms with Crippen molar-refractivity contribution >= 4 is 12.0 Å². The maximum absolute atomic E-state index is 12.1. The van der Waals surface area contributed by atoms with Crippen molar-refractivity contribution in [3.8, 4) is 5.75 Å². The predicted octanol–water partition coefficient (Wildman–Crippen LogP) is 2.57. The van der Waals surface area contributed by atoms with E-state index in [2.05, 4.69) is 6.58 Å². The molecule has 1 aromatic rings. The number of carbonyl (C=O) groups is 1. The van der Waals surface area contributed by atoms with Crippen LogP contribution in [0.25, 0.3) is 6.08 Å². The average molecular weight is 231 g/mol. The van der Waals surface area contributed by atoms with E-state index in [4.69, 9.17) is 4.74 Å². The molecule has 3 heteroatoms. The van der Waals surface area contributed by atoms with Crippen molar-refractivity contribution in [1.82, 2.24) is 4.90 Å². The standard InChI is InChI=1S/C14H17NO2/c1-4-10-9-11(5-8-13(10)17-3)14(16)15(2)12-6-7-12/h4-5,8-9,12H,1,6-7H2,2-3H3. The quantitative estimate of drug-likeness (QED) is 0.797. The Labute approximate surface area is 102 Å². The van der Waals surface area contributed by atoms with Gasteiger partial charge in [0.1, 0.15) is 5.75 Å². The van der Waals surface area contributed by atoms with Crippen LogP contribution in [0.15, 0.2) is 24.8 Å². The van der Waals surface area contributed by atoms with Crippen molar-refractivity contribution in [1.29, 1.82) is 0 Å². The highest BCUT2D eigenvalue weighted by molar-refractivity contribution is 5.95. The van der Waals surface area contributed by atoms with E-state index >= 15 is 0 Å². The Morgan fingerprint density at radius 3 is 2.76 bits per heavy atom. The predicted molar refractivity (Wildman–Crippen MR) is 68.2 cm³/mol. The van der Waals surface area contributed by atoms with Crippen LogP contribution >= 0.6 is 0 Å². The molecule has 3 nitrogen and oxygen atoms in total. The summed E-state index contributed by atoms with van der Waals surface area (Å²) < 4.78 is 5.20. The number of benzene rings is 1. The van der Waals surface area contributed by atoms with E-state index < -0.39 is 0 Å². The highest BCUT2D eigenvalue weighted by Crippen LogP contribution is 2.28. The molecular formula is C14H17NO2. The molecule has 1 aliphatic carbocycles. The number of nitrogens with zero attached hydrogens (tertiary/aromatic N) is 1. The van der Waals surface area contributed by atoms with Gasteiger partial charge in [-0.2, -0.15) is 0 Å². The van der Waals surface area contributed by atoms with Crippen LogP contribution in [0.5, 0.6) is 5.75 Å². The molecule has 1 amide bonds. The number of amides is 1. The van der Waals surface area contributed by atoms with Crippen LogP contribution in [0, 0.1) is 0 Å². The number of ether oxygens (including phenoxy) is 1. The molecule has 0 saturated heterocycles. The van der Waals surface area contributed by atoms with Crippen LogP contribution in [0.2, 0.25) is 0 Å². The topological polar surface area (TPSA) is 29.5 Å². The Balaban J connectivity index is 2.26. The first-order chi connectivity index (χ1) is 8.17. The van der Waals surface area contributed by atoms with Gasteiger partial charge in [-0.15, -0.1) is 0 Å². The summed E-state index contributed by atoms with van der Waals surface area (Å²) in [5, 5.41) is 0. The fourth-order valence-corrected chi connectivity index (χ4v) is 1.86. The first-order valence-corrected chi connectivity index (χ1v) is 5.75. The van der Waals surface area contributed by atoms with Gasteiger partial charge >= 0.3 is 0 Å². The van der Waals surface area contributed by atoms with Gasteiger partial charge < -0.3 is 9.64 Å². The second kappa shape index (κ2) is 4.62. The first-order valence-electron chi connectivity index (χ1n) is 5.75. The summed E-state index contributed by atoms with van der Waals surface area (Å²) in [7, 11) is 3.47. The Kier molecular flexibility index (Phi) is 3.18. The molecule has 0 radical (unpaired) electrons. The van der Waals surface area contributed by atoms with Crippen molar-refractivity contribution in [2.24, 2.45) is 0 Å². The van der Waals surface area contributed by atoms with Gasteiger partial charge in [0.25, 0.3) is 5.91 Å². The van der Waals surface area contributed by atoms with Gasteiger partial charge in [-0.3, -0.25) is 4.79 Å². The highest BCUT2D eigenvalue weighted by atomic mass is 16.5. The summed E-state index contributed by atoms with van der Waals surface area (Å²) in [6.07, 6.45) is 3.94. The molecule has 0 unspecified atom stereocenters. The molecule has 1 fully saturated rings. The Bertz CT molecular complexity index is 450. The van der Waals surface area contributed by atoms with Crippen LogP contribution < -0.4 is 4.74 Å². The number of methoxy groups -OCH3 is 1. The summed E-state index contributed by atoms with van der Waals surface area (Å²) in [4.78, 5) is 14.0. The summed E-state index contributed by atoms with van der Waals surface area (Å²) >= 11 is 0. The van der Waals surface area contributed by atoms with E-state index in [9.17, 15) is 4.79 Å². The molecule has 1 saturated carbocycles. The molecule has 0 N–H and O–H groups in total. The zero-order chi connectivity index (χ0) is 12.4. The van der Waals surface area contributed by atoms with E-state index in [1.54, 1.807) is 19.3 Å². The SMILES string of the molecule is C=Cc1cc(C(=O)N(C)C2CC2)ccc1OC. The van der Waals surface area contributed by atoms with E-state index in [0.717, 1.165) is 24.2 Å². The van der Waals surface area contributed by atoms with Crippen LogP contribution in [-0.4, -0.2) is 31.0 Å². The molecular weight excluding hydrogens is 214 g/mol. The fourth-order valence-electron chi connectivity index (χ4n) is 1.86. The second-order valence-electron chi connectivity index (χ2n) is 4.31. The molecule has 0 spiro atoms. The van der Waals surface area contributed by atoms with E-state index in [-0.39, 0.29) is 5.91 Å². The van der Waals surface area contributed by atoms with Crippen molar-refractivity contribution in [3.63, 3.8) is 0 Å². The molecule has 0 heterocycles. The van der Waals surface area contributed by atoms with Crippen LogP contribution in [0.3, 0.4) is 0 Å². The molecule has 0 aliphatic heterocycles. The molecule has 0 aromatic heterocycles. The van der Waals surface area contributed by atoms with Crippen molar-refractivity contribution in [2.75, 3.05) is 14.2 Å². The van der Waals surface area contributed by atoms with Crippen molar-refractivity contribution in [3.05, 3.63) is 35.9 Å². The van der Waals surface area contributed by atoms with Crippen LogP contribution in [0.1, 0.15) is 28.8 Å². The Hall–Kier alpha value is -1.77. The summed E-state index contributed by atoms with van der Waals surface area (Å²) in [5.74, 6) is 0.809. The largest absolute Gasteiger partial charge is 0.496 e. The lowest BCUT2D eigenvalue weighted by molar-refractivity contribution is 0.0785. The third-order valence-electron chi connectivity index (χ3n) is 3.11. The second-order valence-corrected chi connectivity index (χ2v) is 4.31. The number of hydrogen-bond donors (Lipinski definition) is 0. The number of rotatable bonds is 4. The number of hydrogen-bond acceptors (Lipinski definition) is 2. The summed E-state index contributed by atoms with van der Waals surface area (Å²) in [6.45, 7) is 3.73.